The molecule has 0 amide bonds. The maximum atomic E-state index is 11.5. The molecule has 15 heavy (non-hydrogen) atoms. The predicted molar refractivity (Wildman–Crippen MR) is 59.1 cm³/mol. The van der Waals surface area contributed by atoms with Crippen LogP contribution in [0.15, 0.2) is 29.8 Å². The Morgan fingerprint density at radius 2 is 2.07 bits per heavy atom. The number of hydrogen-bond acceptors (Lipinski definition) is 2. The lowest BCUT2D eigenvalue weighted by Crippen LogP contribution is -2.16. The van der Waals surface area contributed by atoms with Gasteiger partial charge < -0.3 is 4.74 Å². The van der Waals surface area contributed by atoms with E-state index >= 15 is 0 Å². The molecule has 1 aliphatic rings. The van der Waals surface area contributed by atoms with Gasteiger partial charge in [0.1, 0.15) is 0 Å². The monoisotopic (exact) mass is 201 g/mol. The largest absolute Gasteiger partial charge is 0.466 e. The predicted octanol–water partition coefficient (Wildman–Crippen LogP) is 2.39. The summed E-state index contributed by atoms with van der Waals surface area (Å²) in [5.41, 5.74) is 3.07. The normalized spacial score (nSPS) is 15.5. The van der Waals surface area contributed by atoms with Gasteiger partial charge in [-0.2, -0.15) is 0 Å². The zero-order valence-electron chi connectivity index (χ0n) is 8.91. The van der Waals surface area contributed by atoms with Crippen LogP contribution in [0.25, 0.3) is 6.08 Å². The van der Waals surface area contributed by atoms with Crippen molar-refractivity contribution in [1.82, 2.24) is 0 Å². The minimum atomic E-state index is -0.248. The molecule has 0 fully saturated rings. The summed E-state index contributed by atoms with van der Waals surface area (Å²) in [7, 11) is 1.41. The van der Waals surface area contributed by atoms with Crippen LogP contribution in [0.3, 0.4) is 0 Å². The highest BCUT2D eigenvalue weighted by Gasteiger charge is 2.23. The molecule has 0 heterocycles. The van der Waals surface area contributed by atoms with Crippen molar-refractivity contribution in [2.45, 2.75) is 13.3 Å². The Balaban J connectivity index is 2.43. The molecular weight excluding hydrogens is 188 g/mol. The van der Waals surface area contributed by atoms with Crippen molar-refractivity contribution in [2.75, 3.05) is 7.11 Å². The second kappa shape index (κ2) is 3.89. The van der Waals surface area contributed by atoms with Gasteiger partial charge in [-0.3, -0.25) is 0 Å². The third kappa shape index (κ3) is 1.80. The molecule has 0 saturated carbocycles. The minimum absolute atomic E-state index is 0.248. The summed E-state index contributed by atoms with van der Waals surface area (Å²) >= 11 is 0. The van der Waals surface area contributed by atoms with Crippen LogP contribution in [0, 0.1) is 5.92 Å². The van der Waals surface area contributed by atoms with Crippen molar-refractivity contribution in [1.29, 1.82) is 0 Å². The third-order valence-corrected chi connectivity index (χ3v) is 2.68. The molecule has 2 nitrogen and oxygen atoms in total. The smallest absolute Gasteiger partial charge is 0.334 e. The highest BCUT2D eigenvalue weighted by Crippen LogP contribution is 2.30. The molecule has 1 radical (unpaired) electrons. The van der Waals surface area contributed by atoms with Crippen LogP contribution in [0.1, 0.15) is 18.1 Å². The fourth-order valence-corrected chi connectivity index (χ4v) is 1.84. The van der Waals surface area contributed by atoms with Gasteiger partial charge >= 0.3 is 5.97 Å². The molecule has 0 N–H and O–H groups in total. The summed E-state index contributed by atoms with van der Waals surface area (Å²) in [5.74, 6) is 0.822. The van der Waals surface area contributed by atoms with E-state index in [4.69, 9.17) is 4.74 Å². The Morgan fingerprint density at radius 3 is 2.80 bits per heavy atom. The molecule has 0 aliphatic heterocycles. The van der Waals surface area contributed by atoms with Crippen molar-refractivity contribution >= 4 is 12.0 Å². The molecule has 0 aromatic heterocycles. The lowest BCUT2D eigenvalue weighted by Gasteiger charge is -2.20. The summed E-state index contributed by atoms with van der Waals surface area (Å²) in [6.45, 7) is 1.97. The standard InChI is InChI=1S/C13H13O2/c1-9-7-10-5-3-4-6-11(10)8-12(9)13(14)15-2/h3-6,8H,7H2,1-2H3. The van der Waals surface area contributed by atoms with Crippen LogP contribution in [-0.4, -0.2) is 13.1 Å². The van der Waals surface area contributed by atoms with E-state index in [-0.39, 0.29) is 5.97 Å². The first-order valence-electron chi connectivity index (χ1n) is 4.93. The summed E-state index contributed by atoms with van der Waals surface area (Å²) in [4.78, 5) is 11.5. The van der Waals surface area contributed by atoms with Gasteiger partial charge in [0.15, 0.2) is 0 Å². The number of ether oxygens (including phenoxy) is 1. The highest BCUT2D eigenvalue weighted by atomic mass is 16.5. The van der Waals surface area contributed by atoms with Crippen LogP contribution in [0.4, 0.5) is 0 Å². The second-order valence-corrected chi connectivity index (χ2v) is 3.71. The molecule has 1 aliphatic carbocycles. The SMILES string of the molecule is COC(=O)C1=Cc2ccccc2C[C]1C. The molecule has 0 bridgehead atoms. The topological polar surface area (TPSA) is 26.3 Å². The molecule has 2 rings (SSSR count). The van der Waals surface area contributed by atoms with Crippen LogP contribution in [-0.2, 0) is 16.0 Å². The maximum Gasteiger partial charge on any atom is 0.334 e. The third-order valence-electron chi connectivity index (χ3n) is 2.68. The van der Waals surface area contributed by atoms with Gasteiger partial charge in [0.05, 0.1) is 7.11 Å². The minimum Gasteiger partial charge on any atom is -0.466 e. The number of esters is 1. The number of hydrogen-bond donors (Lipinski definition) is 0. The molecule has 1 aromatic rings. The van der Waals surface area contributed by atoms with Crippen molar-refractivity contribution in [3.05, 3.63) is 46.9 Å². The van der Waals surface area contributed by atoms with Crippen LogP contribution in [0.2, 0.25) is 0 Å². The Hall–Kier alpha value is -1.57. The number of methoxy groups -OCH3 is 1. The van der Waals surface area contributed by atoms with Gasteiger partial charge in [-0.1, -0.05) is 31.2 Å². The lowest BCUT2D eigenvalue weighted by atomic mass is 9.85. The first-order chi connectivity index (χ1) is 7.22. The Bertz CT molecular complexity index is 418. The van der Waals surface area contributed by atoms with E-state index in [1.807, 2.05) is 31.2 Å². The fourth-order valence-electron chi connectivity index (χ4n) is 1.84. The van der Waals surface area contributed by atoms with Gasteiger partial charge in [0.2, 0.25) is 0 Å². The Morgan fingerprint density at radius 1 is 1.33 bits per heavy atom. The van der Waals surface area contributed by atoms with E-state index < -0.39 is 0 Å². The lowest BCUT2D eigenvalue weighted by molar-refractivity contribution is -0.135. The van der Waals surface area contributed by atoms with Gasteiger partial charge in [0, 0.05) is 11.5 Å². The first kappa shape index (κ1) is 9.97. The number of fused-ring (bicyclic) bond motifs is 1. The van der Waals surface area contributed by atoms with Crippen molar-refractivity contribution in [3.8, 4) is 0 Å². The number of carbonyl (C=O) groups excluding carboxylic acids is 1. The summed E-state index contributed by atoms with van der Waals surface area (Å²) in [6, 6.07) is 8.10. The maximum absolute atomic E-state index is 11.5. The molecule has 2 heteroatoms. The zero-order chi connectivity index (χ0) is 10.8. The molecule has 77 valence electrons. The first-order valence-corrected chi connectivity index (χ1v) is 4.93. The molecule has 0 spiro atoms. The van der Waals surface area contributed by atoms with Gasteiger partial charge in [-0.15, -0.1) is 0 Å². The van der Waals surface area contributed by atoms with E-state index in [9.17, 15) is 4.79 Å². The van der Waals surface area contributed by atoms with E-state index in [1.54, 1.807) is 0 Å². The zero-order valence-corrected chi connectivity index (χ0v) is 8.91. The molecule has 0 atom stereocenters. The summed E-state index contributed by atoms with van der Waals surface area (Å²) in [6.07, 6.45) is 2.73. The van der Waals surface area contributed by atoms with Gasteiger partial charge in [0.25, 0.3) is 0 Å². The van der Waals surface area contributed by atoms with Crippen LogP contribution in [0.5, 0.6) is 0 Å². The van der Waals surface area contributed by atoms with E-state index in [0.717, 1.165) is 17.9 Å². The van der Waals surface area contributed by atoms with Crippen molar-refractivity contribution < 1.29 is 9.53 Å². The molecule has 0 saturated heterocycles. The van der Waals surface area contributed by atoms with E-state index in [1.165, 1.54) is 12.7 Å². The van der Waals surface area contributed by atoms with Crippen LogP contribution >= 0.6 is 0 Å². The Labute approximate surface area is 89.6 Å². The quantitative estimate of drug-likeness (QED) is 0.652. The summed E-state index contributed by atoms with van der Waals surface area (Å²) < 4.78 is 4.75. The summed E-state index contributed by atoms with van der Waals surface area (Å²) in [5, 5.41) is 0. The molecule has 1 aromatic carbocycles. The molecular formula is C13H13O2. The second-order valence-electron chi connectivity index (χ2n) is 3.71. The van der Waals surface area contributed by atoms with Gasteiger partial charge in [-0.25, -0.2) is 4.79 Å². The number of carbonyl (C=O) groups is 1. The Kier molecular flexibility index (Phi) is 2.58. The average Bonchev–Trinajstić information content (AvgIpc) is 2.27. The van der Waals surface area contributed by atoms with Crippen molar-refractivity contribution in [3.63, 3.8) is 0 Å². The highest BCUT2D eigenvalue weighted by molar-refractivity contribution is 5.98. The fraction of sp³-hybridized carbons (Fsp3) is 0.231. The number of rotatable bonds is 1. The van der Waals surface area contributed by atoms with E-state index in [0.29, 0.717) is 5.57 Å². The van der Waals surface area contributed by atoms with Crippen LogP contribution < -0.4 is 0 Å². The van der Waals surface area contributed by atoms with Crippen molar-refractivity contribution in [2.24, 2.45) is 0 Å². The van der Waals surface area contributed by atoms with Gasteiger partial charge in [-0.05, 0) is 23.6 Å². The number of benzene rings is 1. The molecule has 0 unspecified atom stereocenters. The van der Waals surface area contributed by atoms with E-state index in [2.05, 4.69) is 6.07 Å². The average molecular weight is 201 g/mol.